The van der Waals surface area contributed by atoms with Gasteiger partial charge in [-0.15, -0.1) is 11.3 Å². The molecule has 1 aromatic carbocycles. The van der Waals surface area contributed by atoms with Crippen LogP contribution in [0.25, 0.3) is 26.0 Å². The summed E-state index contributed by atoms with van der Waals surface area (Å²) in [6.07, 6.45) is 3.38. The standard InChI is InChI=1S/C14H10N4S/c15-14-13-10(5-6-18(13)17-8-16-14)12-7-9-3-1-2-4-11(9)19-12/h1-8H,(H2,15,16,17). The SMILES string of the molecule is Nc1ncnn2ccc(-c3cc4ccccc4s3)c12. The topological polar surface area (TPSA) is 56.2 Å². The quantitative estimate of drug-likeness (QED) is 0.575. The van der Waals surface area contributed by atoms with Crippen LogP contribution >= 0.6 is 11.3 Å². The highest BCUT2D eigenvalue weighted by molar-refractivity contribution is 7.22. The number of thiophene rings is 1. The molecule has 0 aliphatic carbocycles. The molecule has 4 aromatic rings. The normalized spacial score (nSPS) is 11.4. The molecule has 0 spiro atoms. The predicted molar refractivity (Wildman–Crippen MR) is 78.2 cm³/mol. The zero-order valence-corrected chi connectivity index (χ0v) is 10.8. The van der Waals surface area contributed by atoms with Gasteiger partial charge in [-0.3, -0.25) is 0 Å². The summed E-state index contributed by atoms with van der Waals surface area (Å²) in [6.45, 7) is 0. The number of nitrogen functional groups attached to an aromatic ring is 1. The molecule has 2 N–H and O–H groups in total. The van der Waals surface area contributed by atoms with Gasteiger partial charge in [-0.25, -0.2) is 9.50 Å². The minimum absolute atomic E-state index is 0.507. The first-order chi connectivity index (χ1) is 9.33. The van der Waals surface area contributed by atoms with E-state index in [1.807, 2.05) is 18.3 Å². The number of nitrogens with zero attached hydrogens (tertiary/aromatic N) is 3. The smallest absolute Gasteiger partial charge is 0.152 e. The lowest BCUT2D eigenvalue weighted by Gasteiger charge is -1.99. The Morgan fingerprint density at radius 3 is 2.95 bits per heavy atom. The molecule has 0 unspecified atom stereocenters. The van der Waals surface area contributed by atoms with Gasteiger partial charge in [0.1, 0.15) is 11.8 Å². The zero-order valence-electron chi connectivity index (χ0n) is 9.95. The molecular weight excluding hydrogens is 256 g/mol. The number of rotatable bonds is 1. The van der Waals surface area contributed by atoms with Gasteiger partial charge in [-0.1, -0.05) is 18.2 Å². The number of anilines is 1. The second-order valence-corrected chi connectivity index (χ2v) is 5.40. The van der Waals surface area contributed by atoms with Crippen LogP contribution in [0.15, 0.2) is 48.9 Å². The van der Waals surface area contributed by atoms with Crippen LogP contribution in [0.3, 0.4) is 0 Å². The van der Waals surface area contributed by atoms with Crippen molar-refractivity contribution in [2.75, 3.05) is 5.73 Å². The Morgan fingerprint density at radius 1 is 1.16 bits per heavy atom. The third kappa shape index (κ3) is 1.52. The minimum Gasteiger partial charge on any atom is -0.382 e. The molecular formula is C14H10N4S. The molecule has 0 aliphatic rings. The summed E-state index contributed by atoms with van der Waals surface area (Å²) in [5.41, 5.74) is 7.92. The molecule has 0 fully saturated rings. The maximum absolute atomic E-state index is 5.97. The van der Waals surface area contributed by atoms with E-state index in [4.69, 9.17) is 5.73 Å². The maximum Gasteiger partial charge on any atom is 0.152 e. The monoisotopic (exact) mass is 266 g/mol. The second kappa shape index (κ2) is 3.80. The Morgan fingerprint density at radius 2 is 2.05 bits per heavy atom. The lowest BCUT2D eigenvalue weighted by atomic mass is 10.2. The lowest BCUT2D eigenvalue weighted by Crippen LogP contribution is -1.98. The van der Waals surface area contributed by atoms with Gasteiger partial charge in [0.15, 0.2) is 5.82 Å². The molecule has 4 rings (SSSR count). The third-order valence-corrected chi connectivity index (χ3v) is 4.32. The van der Waals surface area contributed by atoms with Gasteiger partial charge in [-0.05, 0) is 23.6 Å². The van der Waals surface area contributed by atoms with E-state index in [0.29, 0.717) is 5.82 Å². The first-order valence-corrected chi connectivity index (χ1v) is 6.71. The van der Waals surface area contributed by atoms with Gasteiger partial charge >= 0.3 is 0 Å². The maximum atomic E-state index is 5.97. The van der Waals surface area contributed by atoms with E-state index in [1.54, 1.807) is 15.9 Å². The van der Waals surface area contributed by atoms with E-state index in [1.165, 1.54) is 21.3 Å². The first-order valence-electron chi connectivity index (χ1n) is 5.90. The fraction of sp³-hybridized carbons (Fsp3) is 0. The molecule has 0 radical (unpaired) electrons. The van der Waals surface area contributed by atoms with Gasteiger partial charge < -0.3 is 5.73 Å². The molecule has 0 aliphatic heterocycles. The highest BCUT2D eigenvalue weighted by atomic mass is 32.1. The summed E-state index contributed by atoms with van der Waals surface area (Å²) in [4.78, 5) is 5.26. The fourth-order valence-electron chi connectivity index (χ4n) is 2.29. The molecule has 0 saturated heterocycles. The van der Waals surface area contributed by atoms with Crippen LogP contribution in [0, 0.1) is 0 Å². The number of benzene rings is 1. The molecule has 0 atom stereocenters. The number of hydrogen-bond donors (Lipinski definition) is 1. The molecule has 3 aromatic heterocycles. The van der Waals surface area contributed by atoms with Gasteiger partial charge in [-0.2, -0.15) is 5.10 Å². The van der Waals surface area contributed by atoms with Gasteiger partial charge in [0, 0.05) is 21.3 Å². The molecule has 3 heterocycles. The fourth-order valence-corrected chi connectivity index (χ4v) is 3.38. The Hall–Kier alpha value is -2.40. The Kier molecular flexibility index (Phi) is 2.10. The van der Waals surface area contributed by atoms with Gasteiger partial charge in [0.25, 0.3) is 0 Å². The predicted octanol–water partition coefficient (Wildman–Crippen LogP) is 3.19. The van der Waals surface area contributed by atoms with Crippen LogP contribution in [0.5, 0.6) is 0 Å². The van der Waals surface area contributed by atoms with Crippen molar-refractivity contribution in [3.8, 4) is 10.4 Å². The Balaban J connectivity index is 2.04. The van der Waals surface area contributed by atoms with Gasteiger partial charge in [0.05, 0.1) is 0 Å². The van der Waals surface area contributed by atoms with Crippen molar-refractivity contribution in [1.29, 1.82) is 0 Å². The number of hydrogen-bond acceptors (Lipinski definition) is 4. The number of fused-ring (bicyclic) bond motifs is 2. The van der Waals surface area contributed by atoms with Crippen LogP contribution < -0.4 is 5.73 Å². The summed E-state index contributed by atoms with van der Waals surface area (Å²) in [6, 6.07) is 12.6. The van der Waals surface area contributed by atoms with E-state index in [2.05, 4.69) is 34.3 Å². The zero-order chi connectivity index (χ0) is 12.8. The van der Waals surface area contributed by atoms with E-state index in [9.17, 15) is 0 Å². The molecule has 0 bridgehead atoms. The molecule has 4 nitrogen and oxygen atoms in total. The second-order valence-electron chi connectivity index (χ2n) is 4.32. The summed E-state index contributed by atoms with van der Waals surface area (Å²) in [5, 5.41) is 5.42. The van der Waals surface area contributed by atoms with Crippen molar-refractivity contribution in [2.45, 2.75) is 0 Å². The Bertz CT molecular complexity index is 858. The summed E-state index contributed by atoms with van der Waals surface area (Å²) < 4.78 is 3.04. The van der Waals surface area contributed by atoms with Crippen molar-refractivity contribution >= 4 is 32.8 Å². The summed E-state index contributed by atoms with van der Waals surface area (Å²) in [7, 11) is 0. The van der Waals surface area contributed by atoms with Crippen molar-refractivity contribution < 1.29 is 0 Å². The van der Waals surface area contributed by atoms with Crippen molar-refractivity contribution in [3.05, 3.63) is 48.9 Å². The van der Waals surface area contributed by atoms with Crippen molar-refractivity contribution in [1.82, 2.24) is 14.6 Å². The van der Waals surface area contributed by atoms with Crippen molar-refractivity contribution in [2.24, 2.45) is 0 Å². The van der Waals surface area contributed by atoms with Crippen LogP contribution in [-0.4, -0.2) is 14.6 Å². The largest absolute Gasteiger partial charge is 0.382 e. The Labute approximate surface area is 113 Å². The van der Waals surface area contributed by atoms with Crippen LogP contribution in [-0.2, 0) is 0 Å². The third-order valence-electron chi connectivity index (χ3n) is 3.17. The summed E-state index contributed by atoms with van der Waals surface area (Å²) >= 11 is 1.75. The van der Waals surface area contributed by atoms with Crippen LogP contribution in [0.1, 0.15) is 0 Å². The van der Waals surface area contributed by atoms with E-state index < -0.39 is 0 Å². The average molecular weight is 266 g/mol. The molecule has 0 amide bonds. The van der Waals surface area contributed by atoms with Gasteiger partial charge in [0.2, 0.25) is 0 Å². The number of aromatic nitrogens is 3. The number of nitrogens with two attached hydrogens (primary N) is 1. The van der Waals surface area contributed by atoms with Crippen LogP contribution in [0.4, 0.5) is 5.82 Å². The van der Waals surface area contributed by atoms with Crippen molar-refractivity contribution in [3.63, 3.8) is 0 Å². The molecule has 19 heavy (non-hydrogen) atoms. The van der Waals surface area contributed by atoms with E-state index >= 15 is 0 Å². The molecule has 5 heteroatoms. The molecule has 0 saturated carbocycles. The van der Waals surface area contributed by atoms with Crippen LogP contribution in [0.2, 0.25) is 0 Å². The average Bonchev–Trinajstić information content (AvgIpc) is 3.02. The highest BCUT2D eigenvalue weighted by Crippen LogP contribution is 2.36. The highest BCUT2D eigenvalue weighted by Gasteiger charge is 2.12. The van der Waals surface area contributed by atoms with E-state index in [0.717, 1.165) is 11.1 Å². The minimum atomic E-state index is 0.507. The summed E-state index contributed by atoms with van der Waals surface area (Å²) in [5.74, 6) is 0.507. The first kappa shape index (κ1) is 10.5. The molecule has 92 valence electrons. The van der Waals surface area contributed by atoms with E-state index in [-0.39, 0.29) is 0 Å². The lowest BCUT2D eigenvalue weighted by molar-refractivity contribution is 0.908.